The van der Waals surface area contributed by atoms with Crippen LogP contribution in [0.5, 0.6) is 11.5 Å². The highest BCUT2D eigenvalue weighted by Gasteiger charge is 2.24. The second-order valence-electron chi connectivity index (χ2n) is 6.26. The number of amidine groups is 1. The van der Waals surface area contributed by atoms with E-state index in [4.69, 9.17) is 14.2 Å². The molecule has 3 rings (SSSR count). The Labute approximate surface area is 184 Å². The third-order valence-electron chi connectivity index (χ3n) is 4.10. The van der Waals surface area contributed by atoms with Gasteiger partial charge >= 0.3 is 5.97 Å². The molecule has 0 aromatic heterocycles. The van der Waals surface area contributed by atoms with Crippen LogP contribution < -0.4 is 14.8 Å². The molecule has 0 atom stereocenters. The van der Waals surface area contributed by atoms with Gasteiger partial charge in [-0.05, 0) is 66.7 Å². The fraction of sp³-hybridized carbons (Fsp3) is 0.174. The second-order valence-corrected chi connectivity index (χ2v) is 7.29. The number of aliphatic imine (C=N–C) groups is 1. The number of benzene rings is 2. The van der Waals surface area contributed by atoms with E-state index in [-0.39, 0.29) is 11.9 Å². The first-order chi connectivity index (χ1) is 15.0. The molecule has 0 saturated carbocycles. The van der Waals surface area contributed by atoms with Crippen molar-refractivity contribution < 1.29 is 23.8 Å². The Kier molecular flexibility index (Phi) is 7.50. The smallest absolute Gasteiger partial charge is 0.338 e. The number of hydrogen-bond donors (Lipinski definition) is 1. The zero-order valence-corrected chi connectivity index (χ0v) is 18.0. The summed E-state index contributed by atoms with van der Waals surface area (Å²) in [6.07, 6.45) is 3.41. The lowest BCUT2D eigenvalue weighted by atomic mass is 10.2. The molecule has 0 aliphatic carbocycles. The first-order valence-electron chi connectivity index (χ1n) is 9.52. The van der Waals surface area contributed by atoms with Gasteiger partial charge in [0.2, 0.25) is 0 Å². The first kappa shape index (κ1) is 22.2. The third kappa shape index (κ3) is 5.76. The standard InChI is InChI=1S/C23H22N2O5S/c1-4-12-30-18-11-6-15(13-19(18)28-3)14-20-21(26)25-23(31-20)24-17-9-7-16(8-10-17)22(27)29-5-2/h4,6-11,13-14H,1,5,12H2,2-3H3,(H,24,25,26)/b20-14+. The lowest BCUT2D eigenvalue weighted by molar-refractivity contribution is -0.115. The SMILES string of the molecule is C=CCOc1ccc(/C=C2/SC(=Nc3ccc(C(=O)OCC)cc3)NC2=O)cc1OC. The molecule has 1 heterocycles. The van der Waals surface area contributed by atoms with Crippen molar-refractivity contribution in [1.29, 1.82) is 0 Å². The molecule has 1 saturated heterocycles. The molecule has 2 aromatic rings. The van der Waals surface area contributed by atoms with E-state index in [0.717, 1.165) is 5.56 Å². The molecular formula is C23H22N2O5S. The fourth-order valence-corrected chi connectivity index (χ4v) is 3.52. The summed E-state index contributed by atoms with van der Waals surface area (Å²) in [5.74, 6) is 0.543. The van der Waals surface area contributed by atoms with Gasteiger partial charge in [-0.15, -0.1) is 0 Å². The summed E-state index contributed by atoms with van der Waals surface area (Å²) in [6.45, 7) is 6.07. The van der Waals surface area contributed by atoms with Gasteiger partial charge in [-0.1, -0.05) is 18.7 Å². The highest BCUT2D eigenvalue weighted by atomic mass is 32.2. The molecule has 8 heteroatoms. The summed E-state index contributed by atoms with van der Waals surface area (Å²) in [4.78, 5) is 29.0. The van der Waals surface area contributed by atoms with Crippen LogP contribution in [0.2, 0.25) is 0 Å². The van der Waals surface area contributed by atoms with Crippen LogP contribution >= 0.6 is 11.8 Å². The molecule has 0 bridgehead atoms. The molecule has 0 spiro atoms. The Morgan fingerprint density at radius 3 is 2.65 bits per heavy atom. The Morgan fingerprint density at radius 1 is 1.19 bits per heavy atom. The van der Waals surface area contributed by atoms with E-state index in [0.29, 0.717) is 46.0 Å². The van der Waals surface area contributed by atoms with Crippen molar-refractivity contribution in [3.05, 3.63) is 71.2 Å². The summed E-state index contributed by atoms with van der Waals surface area (Å²) in [6, 6.07) is 12.1. The maximum absolute atomic E-state index is 12.3. The van der Waals surface area contributed by atoms with E-state index >= 15 is 0 Å². The third-order valence-corrected chi connectivity index (χ3v) is 5.01. The van der Waals surface area contributed by atoms with Crippen molar-refractivity contribution in [3.8, 4) is 11.5 Å². The van der Waals surface area contributed by atoms with Gasteiger partial charge in [0.15, 0.2) is 16.7 Å². The molecule has 2 aromatic carbocycles. The summed E-state index contributed by atoms with van der Waals surface area (Å²) >= 11 is 1.23. The van der Waals surface area contributed by atoms with Crippen LogP contribution in [0.3, 0.4) is 0 Å². The Morgan fingerprint density at radius 2 is 1.97 bits per heavy atom. The summed E-state index contributed by atoms with van der Waals surface area (Å²) < 4.78 is 15.9. The lowest BCUT2D eigenvalue weighted by Crippen LogP contribution is -2.19. The highest BCUT2D eigenvalue weighted by Crippen LogP contribution is 2.32. The Balaban J connectivity index is 1.74. The number of thioether (sulfide) groups is 1. The molecule has 1 amide bonds. The van der Waals surface area contributed by atoms with Crippen LogP contribution in [0.25, 0.3) is 6.08 Å². The van der Waals surface area contributed by atoms with Crippen LogP contribution in [0.4, 0.5) is 5.69 Å². The number of nitrogens with zero attached hydrogens (tertiary/aromatic N) is 1. The molecule has 0 radical (unpaired) electrons. The van der Waals surface area contributed by atoms with Crippen molar-refractivity contribution in [2.45, 2.75) is 6.92 Å². The van der Waals surface area contributed by atoms with E-state index in [1.54, 1.807) is 62.6 Å². The zero-order chi connectivity index (χ0) is 22.2. The lowest BCUT2D eigenvalue weighted by Gasteiger charge is -2.09. The molecule has 7 nitrogen and oxygen atoms in total. The van der Waals surface area contributed by atoms with Crippen LogP contribution in [0.15, 0.2) is 65.0 Å². The molecule has 1 N–H and O–H groups in total. The Hall–Kier alpha value is -3.52. The van der Waals surface area contributed by atoms with Gasteiger partial charge in [-0.25, -0.2) is 9.79 Å². The number of carbonyl (C=O) groups excluding carboxylic acids is 2. The van der Waals surface area contributed by atoms with Crippen LogP contribution in [-0.2, 0) is 9.53 Å². The van der Waals surface area contributed by atoms with Crippen molar-refractivity contribution >= 4 is 40.6 Å². The number of hydrogen-bond acceptors (Lipinski definition) is 7. The summed E-state index contributed by atoms with van der Waals surface area (Å²) in [5, 5.41) is 3.20. The van der Waals surface area contributed by atoms with Crippen LogP contribution in [0.1, 0.15) is 22.8 Å². The van der Waals surface area contributed by atoms with Gasteiger partial charge in [0.1, 0.15) is 6.61 Å². The van der Waals surface area contributed by atoms with E-state index in [9.17, 15) is 9.59 Å². The average Bonchev–Trinajstić information content (AvgIpc) is 3.11. The monoisotopic (exact) mass is 438 g/mol. The quantitative estimate of drug-likeness (QED) is 0.375. The van der Waals surface area contributed by atoms with Crippen LogP contribution in [-0.4, -0.2) is 37.4 Å². The van der Waals surface area contributed by atoms with E-state index in [2.05, 4.69) is 16.9 Å². The van der Waals surface area contributed by atoms with Gasteiger partial charge in [-0.2, -0.15) is 0 Å². The zero-order valence-electron chi connectivity index (χ0n) is 17.2. The van der Waals surface area contributed by atoms with Gasteiger partial charge < -0.3 is 19.5 Å². The first-order valence-corrected chi connectivity index (χ1v) is 10.3. The van der Waals surface area contributed by atoms with Crippen LogP contribution in [0, 0.1) is 0 Å². The van der Waals surface area contributed by atoms with Crippen molar-refractivity contribution in [1.82, 2.24) is 5.32 Å². The summed E-state index contributed by atoms with van der Waals surface area (Å²) in [7, 11) is 1.56. The van der Waals surface area contributed by atoms with E-state index < -0.39 is 0 Å². The van der Waals surface area contributed by atoms with Crippen molar-refractivity contribution in [2.24, 2.45) is 4.99 Å². The summed E-state index contributed by atoms with van der Waals surface area (Å²) in [5.41, 5.74) is 1.85. The predicted octanol–water partition coefficient (Wildman–Crippen LogP) is 4.33. The normalized spacial score (nSPS) is 15.6. The molecule has 1 fully saturated rings. The number of esters is 1. The van der Waals surface area contributed by atoms with Crippen molar-refractivity contribution in [3.63, 3.8) is 0 Å². The number of ether oxygens (including phenoxy) is 3. The minimum atomic E-state index is -0.383. The van der Waals surface area contributed by atoms with Gasteiger partial charge in [0.05, 0.1) is 29.9 Å². The van der Waals surface area contributed by atoms with E-state index in [1.165, 1.54) is 11.8 Å². The molecule has 0 unspecified atom stereocenters. The number of nitrogens with one attached hydrogen (secondary N) is 1. The predicted molar refractivity (Wildman–Crippen MR) is 122 cm³/mol. The molecular weight excluding hydrogens is 416 g/mol. The number of methoxy groups -OCH3 is 1. The van der Waals surface area contributed by atoms with Gasteiger partial charge in [-0.3, -0.25) is 4.79 Å². The molecule has 1 aliphatic rings. The van der Waals surface area contributed by atoms with E-state index in [1.807, 2.05) is 6.07 Å². The highest BCUT2D eigenvalue weighted by molar-refractivity contribution is 8.18. The average molecular weight is 439 g/mol. The molecule has 31 heavy (non-hydrogen) atoms. The molecule has 160 valence electrons. The van der Waals surface area contributed by atoms with Crippen molar-refractivity contribution in [2.75, 3.05) is 20.3 Å². The minimum Gasteiger partial charge on any atom is -0.493 e. The minimum absolute atomic E-state index is 0.238. The maximum Gasteiger partial charge on any atom is 0.338 e. The number of carbonyl (C=O) groups is 2. The molecule has 1 aliphatic heterocycles. The number of rotatable bonds is 8. The topological polar surface area (TPSA) is 86.2 Å². The Bertz CT molecular complexity index is 1040. The maximum atomic E-state index is 12.3. The number of amides is 1. The second kappa shape index (κ2) is 10.5. The van der Waals surface area contributed by atoms with Gasteiger partial charge in [0, 0.05) is 0 Å². The van der Waals surface area contributed by atoms with Gasteiger partial charge in [0.25, 0.3) is 5.91 Å². The largest absolute Gasteiger partial charge is 0.493 e. The fourth-order valence-electron chi connectivity index (χ4n) is 2.68.